The van der Waals surface area contributed by atoms with Crippen LogP contribution in [0.2, 0.25) is 4.71 Å². The van der Waals surface area contributed by atoms with Crippen molar-refractivity contribution in [1.29, 1.82) is 0 Å². The van der Waals surface area contributed by atoms with Crippen LogP contribution in [-0.4, -0.2) is 79.7 Å². The molecule has 3 aromatic carbocycles. The van der Waals surface area contributed by atoms with Crippen LogP contribution in [-0.2, 0) is 20.0 Å². The number of carbonyl (C=O) groups is 1. The van der Waals surface area contributed by atoms with Gasteiger partial charge < -0.3 is 0 Å². The van der Waals surface area contributed by atoms with E-state index in [-0.39, 0.29) is 44.3 Å². The van der Waals surface area contributed by atoms with Gasteiger partial charge in [0.15, 0.2) is 0 Å². The standard InChI is InChI=1S/C31H36AsN2O5S/c1-33(40(3,37)38)24-14-15-27(39-2)23(18-24)19-32-29-25-16-17-34(20-26(25)31(35)36)30(29)28(21-10-6-4-7-11-21)22-12-8-5-9-13-22/h4-15,18,25-26,28-30H,16-17,19-20H2,1-3H3,(H,35,36)/t25-,26-,29-,30-/m0/s1. The second kappa shape index (κ2) is 12.0. The Kier molecular flexibility index (Phi) is 8.60. The van der Waals surface area contributed by atoms with E-state index < -0.39 is 16.0 Å². The van der Waals surface area contributed by atoms with Gasteiger partial charge in [0, 0.05) is 0 Å². The van der Waals surface area contributed by atoms with Gasteiger partial charge in [-0.05, 0) is 0 Å². The number of piperidine rings is 3. The summed E-state index contributed by atoms with van der Waals surface area (Å²) in [6, 6.07) is 26.9. The fourth-order valence-electron chi connectivity index (χ4n) is 6.44. The van der Waals surface area contributed by atoms with Gasteiger partial charge in [-0.25, -0.2) is 0 Å². The van der Waals surface area contributed by atoms with Crippen molar-refractivity contribution >= 4 is 37.4 Å². The molecule has 40 heavy (non-hydrogen) atoms. The Hall–Kier alpha value is -2.80. The number of carboxylic acid groups (broad SMARTS) is 1. The summed E-state index contributed by atoms with van der Waals surface area (Å²) in [5, 5.41) is 10.9. The summed E-state index contributed by atoms with van der Waals surface area (Å²) in [4.78, 5) is 14.8. The molecule has 5 atom stereocenters. The van der Waals surface area contributed by atoms with E-state index in [1.54, 1.807) is 20.2 Å². The maximum atomic E-state index is 12.4. The number of ether oxygens (including phenoxy) is 1. The minimum atomic E-state index is -3.40. The van der Waals surface area contributed by atoms with E-state index in [2.05, 4.69) is 53.4 Å². The molecule has 7 nitrogen and oxygen atoms in total. The topological polar surface area (TPSA) is 87.2 Å². The number of rotatable bonds is 10. The van der Waals surface area contributed by atoms with Gasteiger partial charge in [0.2, 0.25) is 0 Å². The molecular weight excluding hydrogens is 587 g/mol. The van der Waals surface area contributed by atoms with E-state index in [9.17, 15) is 18.3 Å². The average molecular weight is 624 g/mol. The Bertz CT molecular complexity index is 1400. The summed E-state index contributed by atoms with van der Waals surface area (Å²) in [7, 11) is -0.216. The first-order valence-electron chi connectivity index (χ1n) is 13.5. The molecule has 1 N–H and O–H groups in total. The Morgan fingerprint density at radius 3 is 2.25 bits per heavy atom. The number of hydrogen-bond acceptors (Lipinski definition) is 5. The van der Waals surface area contributed by atoms with Crippen LogP contribution in [0.3, 0.4) is 0 Å². The summed E-state index contributed by atoms with van der Waals surface area (Å²) in [5.41, 5.74) is 4.06. The van der Waals surface area contributed by atoms with Crippen LogP contribution in [0.1, 0.15) is 29.0 Å². The third kappa shape index (κ3) is 5.81. The normalized spacial score (nSPS) is 24.4. The number of sulfonamides is 1. The molecule has 3 heterocycles. The van der Waals surface area contributed by atoms with Gasteiger partial charge >= 0.3 is 245 Å². The number of benzene rings is 3. The number of carboxylic acids is 1. The Labute approximate surface area is 243 Å². The van der Waals surface area contributed by atoms with E-state index in [0.29, 0.717) is 12.2 Å². The quantitative estimate of drug-likeness (QED) is 0.339. The molecule has 2 bridgehead atoms. The molecule has 1 unspecified atom stereocenters. The molecular formula is C31H36AsN2O5S. The molecule has 0 aliphatic carbocycles. The van der Waals surface area contributed by atoms with Crippen molar-refractivity contribution in [1.82, 2.24) is 4.90 Å². The van der Waals surface area contributed by atoms with Crippen molar-refractivity contribution in [2.24, 2.45) is 11.8 Å². The Morgan fingerprint density at radius 2 is 1.70 bits per heavy atom. The van der Waals surface area contributed by atoms with Crippen LogP contribution >= 0.6 is 0 Å². The number of fused-ring (bicyclic) bond motifs is 3. The molecule has 3 aliphatic heterocycles. The second-order valence-corrected chi connectivity index (χ2v) is 15.4. The average Bonchev–Trinajstić information content (AvgIpc) is 2.97. The van der Waals surface area contributed by atoms with Crippen molar-refractivity contribution in [3.05, 3.63) is 95.6 Å². The van der Waals surface area contributed by atoms with Crippen LogP contribution in [0.15, 0.2) is 78.9 Å². The zero-order valence-electron chi connectivity index (χ0n) is 23.1. The third-order valence-electron chi connectivity index (χ3n) is 8.48. The molecule has 0 saturated carbocycles. The van der Waals surface area contributed by atoms with Crippen LogP contribution in [0, 0.1) is 11.8 Å². The van der Waals surface area contributed by atoms with Gasteiger partial charge in [0.05, 0.1) is 0 Å². The molecule has 0 spiro atoms. The van der Waals surface area contributed by atoms with E-state index in [1.165, 1.54) is 21.7 Å². The van der Waals surface area contributed by atoms with Gasteiger partial charge in [-0.15, -0.1) is 0 Å². The number of aliphatic carboxylic acids is 1. The van der Waals surface area contributed by atoms with Gasteiger partial charge in [-0.1, -0.05) is 0 Å². The molecule has 9 heteroatoms. The molecule has 1 radical (unpaired) electrons. The van der Waals surface area contributed by atoms with Crippen molar-refractivity contribution in [2.75, 3.05) is 37.8 Å². The first kappa shape index (κ1) is 28.7. The predicted octanol–water partition coefficient (Wildman–Crippen LogP) is 4.32. The molecule has 211 valence electrons. The Morgan fingerprint density at radius 1 is 1.07 bits per heavy atom. The molecule has 3 aromatic rings. The van der Waals surface area contributed by atoms with E-state index in [4.69, 9.17) is 4.74 Å². The van der Waals surface area contributed by atoms with Gasteiger partial charge in [-0.3, -0.25) is 0 Å². The number of anilines is 1. The fourth-order valence-corrected chi connectivity index (χ4v) is 10.8. The Balaban J connectivity index is 1.54. The van der Waals surface area contributed by atoms with Crippen molar-refractivity contribution in [3.8, 4) is 5.75 Å². The van der Waals surface area contributed by atoms with Gasteiger partial charge in [0.25, 0.3) is 0 Å². The van der Waals surface area contributed by atoms with Crippen molar-refractivity contribution in [2.45, 2.75) is 28.3 Å². The molecule has 3 fully saturated rings. The van der Waals surface area contributed by atoms with Gasteiger partial charge in [0.1, 0.15) is 0 Å². The summed E-state index contributed by atoms with van der Waals surface area (Å²) in [6.45, 7) is 1.49. The van der Waals surface area contributed by atoms with Crippen molar-refractivity contribution < 1.29 is 23.1 Å². The summed E-state index contributed by atoms with van der Waals surface area (Å²) in [6.07, 6.45) is 2.08. The SMILES string of the molecule is COc1ccc(N(C)S(C)(=O)=O)cc1C[As][C@H]1[C@H]2CCN(C[C@@H]2C(=O)O)[C@H]1C(c1ccccc1)c1ccccc1. The molecule has 0 amide bonds. The summed E-state index contributed by atoms with van der Waals surface area (Å²) < 4.78 is 31.6. The zero-order chi connectivity index (χ0) is 28.4. The second-order valence-electron chi connectivity index (χ2n) is 10.7. The van der Waals surface area contributed by atoms with E-state index >= 15 is 0 Å². The summed E-state index contributed by atoms with van der Waals surface area (Å²) >= 11 is -0.345. The number of hydrogen-bond donors (Lipinski definition) is 1. The van der Waals surface area contributed by atoms with Crippen molar-refractivity contribution in [3.63, 3.8) is 0 Å². The first-order chi connectivity index (χ1) is 19.2. The first-order valence-corrected chi connectivity index (χ1v) is 17.8. The van der Waals surface area contributed by atoms with E-state index in [0.717, 1.165) is 29.5 Å². The molecule has 3 aliphatic rings. The van der Waals surface area contributed by atoms with Crippen LogP contribution in [0.25, 0.3) is 0 Å². The zero-order valence-corrected chi connectivity index (χ0v) is 25.7. The molecule has 6 rings (SSSR count). The molecule has 0 aromatic heterocycles. The van der Waals surface area contributed by atoms with E-state index in [1.807, 2.05) is 24.3 Å². The van der Waals surface area contributed by atoms with Crippen LogP contribution in [0.4, 0.5) is 5.69 Å². The monoisotopic (exact) mass is 623 g/mol. The minimum absolute atomic E-state index is 0.107. The third-order valence-corrected chi connectivity index (χ3v) is 13.1. The summed E-state index contributed by atoms with van der Waals surface area (Å²) in [5.74, 6) is -0.108. The van der Waals surface area contributed by atoms with Crippen LogP contribution in [0.5, 0.6) is 5.75 Å². The molecule has 3 saturated heterocycles. The van der Waals surface area contributed by atoms with Crippen LogP contribution < -0.4 is 9.04 Å². The van der Waals surface area contributed by atoms with Gasteiger partial charge in [-0.2, -0.15) is 0 Å². The maximum absolute atomic E-state index is 12.4. The fraction of sp³-hybridized carbons (Fsp3) is 0.387. The predicted molar refractivity (Wildman–Crippen MR) is 159 cm³/mol. The number of methoxy groups -OCH3 is 1. The number of nitrogens with zero attached hydrogens (tertiary/aromatic N) is 2.